The Morgan fingerprint density at radius 3 is 2.60 bits per heavy atom. The number of benzene rings is 2. The van der Waals surface area contributed by atoms with Crippen LogP contribution < -0.4 is 4.31 Å². The second kappa shape index (κ2) is 8.04. The molecule has 0 atom stereocenters. The minimum atomic E-state index is -4.12. The van der Waals surface area contributed by atoms with Crippen molar-refractivity contribution in [3.63, 3.8) is 0 Å². The molecule has 6 nitrogen and oxygen atoms in total. The highest BCUT2D eigenvalue weighted by molar-refractivity contribution is 7.93. The zero-order chi connectivity index (χ0) is 21.3. The number of aryl methyl sites for hydroxylation is 1. The third kappa shape index (κ3) is 3.64. The summed E-state index contributed by atoms with van der Waals surface area (Å²) in [6, 6.07) is 15.6. The van der Waals surface area contributed by atoms with E-state index >= 15 is 0 Å². The van der Waals surface area contributed by atoms with Gasteiger partial charge in [0.25, 0.3) is 10.0 Å². The van der Waals surface area contributed by atoms with E-state index in [0.717, 1.165) is 4.31 Å². The average Bonchev–Trinajstić information content (AvgIpc) is 3.16. The molecule has 0 N–H and O–H groups in total. The first kappa shape index (κ1) is 20.3. The van der Waals surface area contributed by atoms with Gasteiger partial charge < -0.3 is 0 Å². The molecule has 2 aromatic carbocycles. The first-order valence-corrected chi connectivity index (χ1v) is 11.1. The van der Waals surface area contributed by atoms with Crippen molar-refractivity contribution in [2.75, 3.05) is 4.31 Å². The first-order chi connectivity index (χ1) is 14.4. The highest BCUT2D eigenvalue weighted by atomic mass is 35.5. The van der Waals surface area contributed by atoms with Gasteiger partial charge in [0.2, 0.25) is 0 Å². The molecule has 154 valence electrons. The van der Waals surface area contributed by atoms with Crippen molar-refractivity contribution in [1.29, 1.82) is 0 Å². The van der Waals surface area contributed by atoms with Crippen LogP contribution >= 0.6 is 11.6 Å². The molecule has 0 saturated carbocycles. The van der Waals surface area contributed by atoms with Crippen LogP contribution in [0.3, 0.4) is 0 Å². The van der Waals surface area contributed by atoms with Gasteiger partial charge >= 0.3 is 0 Å². The fourth-order valence-electron chi connectivity index (χ4n) is 3.23. The average molecular weight is 445 g/mol. The lowest BCUT2D eigenvalue weighted by molar-refractivity contribution is 0.585. The Balaban J connectivity index is 1.90. The van der Waals surface area contributed by atoms with Gasteiger partial charge in [-0.1, -0.05) is 42.8 Å². The van der Waals surface area contributed by atoms with Gasteiger partial charge in [-0.05, 0) is 36.4 Å². The van der Waals surface area contributed by atoms with Crippen molar-refractivity contribution < 1.29 is 12.8 Å². The molecule has 0 aliphatic rings. The number of hydrogen-bond donors (Lipinski definition) is 0. The van der Waals surface area contributed by atoms with Crippen LogP contribution in [-0.2, 0) is 23.0 Å². The Hall–Kier alpha value is -2.97. The molecule has 0 aliphatic heterocycles. The van der Waals surface area contributed by atoms with E-state index in [-0.39, 0.29) is 22.7 Å². The van der Waals surface area contributed by atoms with Crippen molar-refractivity contribution >= 4 is 33.0 Å². The predicted octanol–water partition coefficient (Wildman–Crippen LogP) is 4.48. The van der Waals surface area contributed by atoms with E-state index < -0.39 is 15.8 Å². The summed E-state index contributed by atoms with van der Waals surface area (Å²) in [5.74, 6) is 0.152. The van der Waals surface area contributed by atoms with Crippen LogP contribution in [0.15, 0.2) is 71.8 Å². The van der Waals surface area contributed by atoms with Gasteiger partial charge in [-0.3, -0.25) is 8.71 Å². The van der Waals surface area contributed by atoms with Crippen LogP contribution in [0.25, 0.3) is 5.65 Å². The molecule has 4 aromatic rings. The van der Waals surface area contributed by atoms with Gasteiger partial charge in [0, 0.05) is 23.2 Å². The third-order valence-corrected chi connectivity index (χ3v) is 6.75. The molecule has 9 heteroatoms. The number of aromatic nitrogens is 3. The standard InChI is InChI=1S/C21H18ClFN4O2S/c1-2-20-24-25-21-19(11-6-12-26(20)21)30(28,29)27(17-9-5-8-16(22)13-17)14-15-7-3-4-10-18(15)23/h3-13H,2,14H2,1H3. The summed E-state index contributed by atoms with van der Waals surface area (Å²) in [5, 5.41) is 8.53. The summed E-state index contributed by atoms with van der Waals surface area (Å²) in [7, 11) is -4.12. The number of halogens is 2. The number of anilines is 1. The van der Waals surface area contributed by atoms with Crippen molar-refractivity contribution in [2.24, 2.45) is 0 Å². The molecule has 30 heavy (non-hydrogen) atoms. The Labute approximate surface area is 178 Å². The number of pyridine rings is 1. The Kier molecular flexibility index (Phi) is 5.44. The van der Waals surface area contributed by atoms with E-state index in [2.05, 4.69) is 10.2 Å². The van der Waals surface area contributed by atoms with E-state index in [9.17, 15) is 12.8 Å². The molecule has 0 radical (unpaired) electrons. The second-order valence-electron chi connectivity index (χ2n) is 6.62. The normalized spacial score (nSPS) is 11.7. The molecule has 0 saturated heterocycles. The van der Waals surface area contributed by atoms with Crippen LogP contribution in [0.2, 0.25) is 5.02 Å². The zero-order valence-electron chi connectivity index (χ0n) is 16.0. The Bertz CT molecular complexity index is 1320. The second-order valence-corrected chi connectivity index (χ2v) is 8.89. The maximum atomic E-state index is 14.4. The molecule has 2 aromatic heterocycles. The minimum Gasteiger partial charge on any atom is -0.285 e. The minimum absolute atomic E-state index is 0.0199. The van der Waals surface area contributed by atoms with Gasteiger partial charge in [0.15, 0.2) is 5.65 Å². The highest BCUT2D eigenvalue weighted by Gasteiger charge is 2.29. The number of hydrogen-bond acceptors (Lipinski definition) is 4. The van der Waals surface area contributed by atoms with Crippen molar-refractivity contribution in [1.82, 2.24) is 14.6 Å². The molecule has 0 aliphatic carbocycles. The summed E-state index contributed by atoms with van der Waals surface area (Å²) in [6.45, 7) is 1.71. The van der Waals surface area contributed by atoms with Gasteiger partial charge in [0.05, 0.1) is 12.2 Å². The maximum absolute atomic E-state index is 14.4. The van der Waals surface area contributed by atoms with Gasteiger partial charge in [-0.25, -0.2) is 12.8 Å². The van der Waals surface area contributed by atoms with Crippen LogP contribution in [0.4, 0.5) is 10.1 Å². The Morgan fingerprint density at radius 2 is 1.87 bits per heavy atom. The van der Waals surface area contributed by atoms with Gasteiger partial charge in [-0.15, -0.1) is 10.2 Å². The SMILES string of the molecule is CCc1nnc2c(S(=O)(=O)N(Cc3ccccc3F)c3cccc(Cl)c3)cccn12. The predicted molar refractivity (Wildman–Crippen MR) is 114 cm³/mol. The molecular formula is C21H18ClFN4O2S. The summed E-state index contributed by atoms with van der Waals surface area (Å²) in [5.41, 5.74) is 0.779. The maximum Gasteiger partial charge on any atom is 0.268 e. The zero-order valence-corrected chi connectivity index (χ0v) is 17.6. The van der Waals surface area contributed by atoms with Gasteiger partial charge in [-0.2, -0.15) is 0 Å². The smallest absolute Gasteiger partial charge is 0.268 e. The van der Waals surface area contributed by atoms with E-state index in [1.807, 2.05) is 6.92 Å². The number of nitrogens with zero attached hydrogens (tertiary/aromatic N) is 4. The van der Waals surface area contributed by atoms with E-state index in [1.165, 1.54) is 18.2 Å². The van der Waals surface area contributed by atoms with Crippen LogP contribution in [0.1, 0.15) is 18.3 Å². The molecule has 2 heterocycles. The van der Waals surface area contributed by atoms with Crippen LogP contribution in [0.5, 0.6) is 0 Å². The van der Waals surface area contributed by atoms with Gasteiger partial charge in [0.1, 0.15) is 16.5 Å². The third-order valence-electron chi connectivity index (χ3n) is 4.72. The van der Waals surface area contributed by atoms with Crippen molar-refractivity contribution in [2.45, 2.75) is 24.8 Å². The summed E-state index contributed by atoms with van der Waals surface area (Å²) < 4.78 is 44.6. The summed E-state index contributed by atoms with van der Waals surface area (Å²) >= 11 is 6.11. The van der Waals surface area contributed by atoms with Crippen molar-refractivity contribution in [3.8, 4) is 0 Å². The largest absolute Gasteiger partial charge is 0.285 e. The first-order valence-electron chi connectivity index (χ1n) is 9.26. The quantitative estimate of drug-likeness (QED) is 0.439. The molecular weight excluding hydrogens is 427 g/mol. The lowest BCUT2D eigenvalue weighted by Crippen LogP contribution is -2.31. The molecule has 0 bridgehead atoms. The molecule has 0 fully saturated rings. The highest BCUT2D eigenvalue weighted by Crippen LogP contribution is 2.30. The lowest BCUT2D eigenvalue weighted by Gasteiger charge is -2.25. The number of sulfonamides is 1. The monoisotopic (exact) mass is 444 g/mol. The summed E-state index contributed by atoms with van der Waals surface area (Å²) in [6.07, 6.45) is 2.31. The van der Waals surface area contributed by atoms with Crippen LogP contribution in [-0.4, -0.2) is 23.0 Å². The molecule has 4 rings (SSSR count). The van der Waals surface area contributed by atoms with Crippen LogP contribution in [0, 0.1) is 5.82 Å². The van der Waals surface area contributed by atoms with Crippen molar-refractivity contribution in [3.05, 3.63) is 89.1 Å². The van der Waals surface area contributed by atoms with E-state index in [4.69, 9.17) is 11.6 Å². The Morgan fingerprint density at radius 1 is 1.07 bits per heavy atom. The summed E-state index contributed by atoms with van der Waals surface area (Å²) in [4.78, 5) is -0.0199. The van der Waals surface area contributed by atoms with E-state index in [0.29, 0.717) is 23.0 Å². The van der Waals surface area contributed by atoms with E-state index in [1.54, 1.807) is 53.1 Å². The topological polar surface area (TPSA) is 67.6 Å². The number of fused-ring (bicyclic) bond motifs is 1. The fourth-order valence-corrected chi connectivity index (χ4v) is 4.97. The molecule has 0 unspecified atom stereocenters. The lowest BCUT2D eigenvalue weighted by atomic mass is 10.2. The molecule has 0 spiro atoms. The fraction of sp³-hybridized carbons (Fsp3) is 0.143. The number of rotatable bonds is 6. The molecule has 0 amide bonds.